The summed E-state index contributed by atoms with van der Waals surface area (Å²) in [5, 5.41) is 7.55. The van der Waals surface area contributed by atoms with Crippen LogP contribution in [-0.4, -0.2) is 21.5 Å². The number of hydrogen-bond donors (Lipinski definition) is 1. The molecular formula is C22H20BrN3O2. The SMILES string of the molecule is Cc1ccc(C)c(C(=O)[C@H]2CC(=O)Nc3c2c(C)nn3-c2ccc(Br)cc2)c1. The summed E-state index contributed by atoms with van der Waals surface area (Å²) < 4.78 is 2.67. The van der Waals surface area contributed by atoms with Crippen molar-refractivity contribution in [2.75, 3.05) is 5.32 Å². The molecule has 0 radical (unpaired) electrons. The minimum absolute atomic E-state index is 0.0317. The van der Waals surface area contributed by atoms with Crippen LogP contribution in [0, 0.1) is 20.8 Å². The van der Waals surface area contributed by atoms with Gasteiger partial charge in [0.1, 0.15) is 5.82 Å². The average Bonchev–Trinajstić information content (AvgIpc) is 2.99. The van der Waals surface area contributed by atoms with Gasteiger partial charge in [-0.25, -0.2) is 4.68 Å². The van der Waals surface area contributed by atoms with Gasteiger partial charge in [0.2, 0.25) is 5.91 Å². The van der Waals surface area contributed by atoms with Crippen LogP contribution < -0.4 is 5.32 Å². The second kappa shape index (κ2) is 7.02. The number of nitrogens with one attached hydrogen (secondary N) is 1. The van der Waals surface area contributed by atoms with E-state index < -0.39 is 5.92 Å². The van der Waals surface area contributed by atoms with Gasteiger partial charge in [0.25, 0.3) is 0 Å². The summed E-state index contributed by atoms with van der Waals surface area (Å²) in [7, 11) is 0. The van der Waals surface area contributed by atoms with Crippen molar-refractivity contribution in [2.45, 2.75) is 33.1 Å². The lowest BCUT2D eigenvalue weighted by Gasteiger charge is -2.24. The molecule has 0 saturated heterocycles. The Morgan fingerprint density at radius 2 is 1.86 bits per heavy atom. The Morgan fingerprint density at radius 3 is 2.57 bits per heavy atom. The van der Waals surface area contributed by atoms with Gasteiger partial charge in [-0.1, -0.05) is 33.6 Å². The number of aryl methyl sites for hydroxylation is 3. The van der Waals surface area contributed by atoms with Crippen LogP contribution in [0.4, 0.5) is 5.82 Å². The maximum atomic E-state index is 13.4. The van der Waals surface area contributed by atoms with E-state index in [1.807, 2.05) is 63.2 Å². The van der Waals surface area contributed by atoms with Gasteiger partial charge in [0.15, 0.2) is 5.78 Å². The van der Waals surface area contributed by atoms with Crippen molar-refractivity contribution in [2.24, 2.45) is 0 Å². The highest BCUT2D eigenvalue weighted by atomic mass is 79.9. The number of rotatable bonds is 3. The van der Waals surface area contributed by atoms with Gasteiger partial charge in [0, 0.05) is 22.0 Å². The molecule has 1 atom stereocenters. The fraction of sp³-hybridized carbons (Fsp3) is 0.227. The normalized spacial score (nSPS) is 15.9. The Kier molecular flexibility index (Phi) is 4.67. The molecule has 0 unspecified atom stereocenters. The van der Waals surface area contributed by atoms with Gasteiger partial charge in [-0.3, -0.25) is 9.59 Å². The fourth-order valence-corrected chi connectivity index (χ4v) is 3.99. The molecule has 0 spiro atoms. The molecule has 4 rings (SSSR count). The van der Waals surface area contributed by atoms with E-state index in [0.717, 1.165) is 32.5 Å². The smallest absolute Gasteiger partial charge is 0.226 e. The van der Waals surface area contributed by atoms with Crippen LogP contribution in [0.2, 0.25) is 0 Å². The average molecular weight is 438 g/mol. The number of fused-ring (bicyclic) bond motifs is 1. The van der Waals surface area contributed by atoms with Crippen molar-refractivity contribution >= 4 is 33.4 Å². The first-order chi connectivity index (χ1) is 13.3. The number of amides is 1. The molecule has 0 fully saturated rings. The van der Waals surface area contributed by atoms with Crippen molar-refractivity contribution in [3.8, 4) is 5.69 Å². The molecule has 2 heterocycles. The van der Waals surface area contributed by atoms with Crippen LogP contribution in [0.1, 0.15) is 45.1 Å². The summed E-state index contributed by atoms with van der Waals surface area (Å²) in [6.07, 6.45) is 0.131. The number of anilines is 1. The second-order valence-electron chi connectivity index (χ2n) is 7.22. The predicted octanol–water partition coefficient (Wildman–Crippen LogP) is 4.87. The summed E-state index contributed by atoms with van der Waals surface area (Å²) >= 11 is 3.43. The molecule has 1 amide bonds. The van der Waals surface area contributed by atoms with Crippen molar-refractivity contribution in [1.29, 1.82) is 0 Å². The van der Waals surface area contributed by atoms with Crippen molar-refractivity contribution in [3.05, 3.63) is 74.9 Å². The van der Waals surface area contributed by atoms with Gasteiger partial charge in [-0.15, -0.1) is 0 Å². The lowest BCUT2D eigenvalue weighted by atomic mass is 9.84. The highest BCUT2D eigenvalue weighted by Crippen LogP contribution is 2.38. The van der Waals surface area contributed by atoms with Crippen LogP contribution in [0.15, 0.2) is 46.9 Å². The maximum absolute atomic E-state index is 13.4. The Hall–Kier alpha value is -2.73. The highest BCUT2D eigenvalue weighted by Gasteiger charge is 2.36. The molecule has 1 aromatic heterocycles. The lowest BCUT2D eigenvalue weighted by molar-refractivity contribution is -0.116. The van der Waals surface area contributed by atoms with Gasteiger partial charge in [-0.2, -0.15) is 5.10 Å². The number of carbonyl (C=O) groups is 2. The lowest BCUT2D eigenvalue weighted by Crippen LogP contribution is -2.28. The molecule has 6 heteroatoms. The van der Waals surface area contributed by atoms with Gasteiger partial charge in [-0.05, 0) is 56.7 Å². The summed E-state index contributed by atoms with van der Waals surface area (Å²) in [6.45, 7) is 5.77. The van der Waals surface area contributed by atoms with E-state index in [1.54, 1.807) is 4.68 Å². The molecule has 28 heavy (non-hydrogen) atoms. The van der Waals surface area contributed by atoms with Gasteiger partial charge in [0.05, 0.1) is 17.3 Å². The molecule has 5 nitrogen and oxygen atoms in total. The Bertz CT molecular complexity index is 1100. The molecule has 0 aliphatic carbocycles. The third-order valence-corrected chi connectivity index (χ3v) is 5.68. The van der Waals surface area contributed by atoms with Crippen LogP contribution in [0.5, 0.6) is 0 Å². The fourth-order valence-electron chi connectivity index (χ4n) is 3.73. The number of ketones is 1. The van der Waals surface area contributed by atoms with Crippen molar-refractivity contribution in [1.82, 2.24) is 9.78 Å². The van der Waals surface area contributed by atoms with E-state index in [9.17, 15) is 9.59 Å². The summed E-state index contributed by atoms with van der Waals surface area (Å²) in [4.78, 5) is 25.9. The number of nitrogens with zero attached hydrogens (tertiary/aromatic N) is 2. The summed E-state index contributed by atoms with van der Waals surface area (Å²) in [5.74, 6) is -0.154. The molecule has 3 aromatic rings. The van der Waals surface area contributed by atoms with Crippen molar-refractivity contribution < 1.29 is 9.59 Å². The first kappa shape index (κ1) is 18.6. The second-order valence-corrected chi connectivity index (χ2v) is 8.14. The largest absolute Gasteiger partial charge is 0.310 e. The summed E-state index contributed by atoms with van der Waals surface area (Å²) in [5.41, 5.74) is 4.99. The first-order valence-corrected chi connectivity index (χ1v) is 9.91. The van der Waals surface area contributed by atoms with E-state index in [4.69, 9.17) is 0 Å². The minimum atomic E-state index is -0.534. The number of benzene rings is 2. The molecule has 1 aliphatic heterocycles. The molecule has 2 aromatic carbocycles. The standard InChI is InChI=1S/C22H20BrN3O2/c1-12-4-5-13(2)17(10-12)21(28)18-11-19(27)24-22-20(18)14(3)25-26(22)16-8-6-15(23)7-9-16/h4-10,18H,11H2,1-3H3,(H,24,27)/t18-/m0/s1. The first-order valence-electron chi connectivity index (χ1n) is 9.12. The minimum Gasteiger partial charge on any atom is -0.310 e. The third kappa shape index (κ3) is 3.18. The van der Waals surface area contributed by atoms with Crippen LogP contribution in [-0.2, 0) is 4.79 Å². The van der Waals surface area contributed by atoms with E-state index in [0.29, 0.717) is 11.4 Å². The molecule has 1 N–H and O–H groups in total. The number of Topliss-reactive ketones (excluding diaryl/α,β-unsaturated/α-hetero) is 1. The van der Waals surface area contributed by atoms with Gasteiger partial charge < -0.3 is 5.32 Å². The zero-order valence-corrected chi connectivity index (χ0v) is 17.5. The van der Waals surface area contributed by atoms with Gasteiger partial charge >= 0.3 is 0 Å². The number of aromatic nitrogens is 2. The maximum Gasteiger partial charge on any atom is 0.226 e. The Balaban J connectivity index is 1.83. The molecule has 142 valence electrons. The van der Waals surface area contributed by atoms with Crippen LogP contribution in [0.3, 0.4) is 0 Å². The quantitative estimate of drug-likeness (QED) is 0.594. The van der Waals surface area contributed by atoms with Crippen LogP contribution in [0.25, 0.3) is 5.69 Å². The monoisotopic (exact) mass is 437 g/mol. The molecule has 1 aliphatic rings. The van der Waals surface area contributed by atoms with E-state index in [2.05, 4.69) is 26.3 Å². The zero-order chi connectivity index (χ0) is 20.0. The zero-order valence-electron chi connectivity index (χ0n) is 15.9. The van der Waals surface area contributed by atoms with Crippen LogP contribution >= 0.6 is 15.9 Å². The number of carbonyl (C=O) groups excluding carboxylic acids is 2. The topological polar surface area (TPSA) is 64.0 Å². The highest BCUT2D eigenvalue weighted by molar-refractivity contribution is 9.10. The molecule has 0 bridgehead atoms. The van der Waals surface area contributed by atoms with E-state index in [1.165, 1.54) is 0 Å². The Labute approximate surface area is 171 Å². The summed E-state index contributed by atoms with van der Waals surface area (Å²) in [6, 6.07) is 13.5. The van der Waals surface area contributed by atoms with Crippen molar-refractivity contribution in [3.63, 3.8) is 0 Å². The number of hydrogen-bond acceptors (Lipinski definition) is 3. The third-order valence-electron chi connectivity index (χ3n) is 5.15. The predicted molar refractivity (Wildman–Crippen MR) is 112 cm³/mol. The molecular weight excluding hydrogens is 418 g/mol. The van der Waals surface area contributed by atoms with E-state index in [-0.39, 0.29) is 18.1 Å². The number of halogens is 1. The Morgan fingerprint density at radius 1 is 1.14 bits per heavy atom. The molecule has 0 saturated carbocycles. The van der Waals surface area contributed by atoms with E-state index >= 15 is 0 Å².